The van der Waals surface area contributed by atoms with Crippen LogP contribution in [0.3, 0.4) is 0 Å². The molecule has 0 bridgehead atoms. The van der Waals surface area contributed by atoms with Gasteiger partial charge < -0.3 is 14.4 Å². The summed E-state index contributed by atoms with van der Waals surface area (Å²) in [7, 11) is 0. The summed E-state index contributed by atoms with van der Waals surface area (Å²) in [6.07, 6.45) is 0. The van der Waals surface area contributed by atoms with Gasteiger partial charge in [-0.3, -0.25) is 4.79 Å². The topological polar surface area (TPSA) is 55.8 Å². The highest BCUT2D eigenvalue weighted by molar-refractivity contribution is 8.23. The number of ketones is 1. The number of hydrogen-bond acceptors (Lipinski definition) is 6. The molecule has 7 heteroatoms. The summed E-state index contributed by atoms with van der Waals surface area (Å²) >= 11 is 6.74. The number of Topliss-reactive ketones (excluding diaryl/α,β-unsaturated/α-hetero) is 1. The van der Waals surface area contributed by atoms with E-state index in [9.17, 15) is 9.59 Å². The van der Waals surface area contributed by atoms with Gasteiger partial charge in [0.05, 0.1) is 24.5 Å². The van der Waals surface area contributed by atoms with Crippen molar-refractivity contribution in [2.45, 2.75) is 0 Å². The molecule has 1 fully saturated rings. The average Bonchev–Trinajstić information content (AvgIpc) is 2.73. The van der Waals surface area contributed by atoms with E-state index in [2.05, 4.69) is 4.90 Å². The Labute approximate surface area is 167 Å². The van der Waals surface area contributed by atoms with Gasteiger partial charge in [-0.1, -0.05) is 54.3 Å². The minimum absolute atomic E-state index is 0.0618. The van der Waals surface area contributed by atoms with Crippen molar-refractivity contribution in [1.29, 1.82) is 0 Å². The molecule has 1 heterocycles. The van der Waals surface area contributed by atoms with Crippen LogP contribution >= 0.6 is 24.0 Å². The molecule has 0 spiro atoms. The zero-order chi connectivity index (χ0) is 19.1. The maximum Gasteiger partial charge on any atom is 0.343 e. The molecule has 1 aliphatic heterocycles. The first-order valence-corrected chi connectivity index (χ1v) is 9.93. The van der Waals surface area contributed by atoms with E-state index < -0.39 is 5.97 Å². The largest absolute Gasteiger partial charge is 0.423 e. The number of thiocarbonyl (C=S) groups is 1. The highest BCUT2D eigenvalue weighted by Gasteiger charge is 2.16. The maximum absolute atomic E-state index is 12.5. The van der Waals surface area contributed by atoms with Crippen molar-refractivity contribution in [2.75, 3.05) is 32.1 Å². The number of carbonyl (C=O) groups excluding carboxylic acids is 2. The van der Waals surface area contributed by atoms with Gasteiger partial charge in [0.25, 0.3) is 0 Å². The molecule has 0 aliphatic carbocycles. The molecule has 1 saturated heterocycles. The molecule has 0 aromatic heterocycles. The Hall–Kier alpha value is -2.22. The molecule has 0 atom stereocenters. The summed E-state index contributed by atoms with van der Waals surface area (Å²) < 4.78 is 11.4. The monoisotopic (exact) mass is 401 g/mol. The van der Waals surface area contributed by atoms with Crippen LogP contribution in [0.4, 0.5) is 0 Å². The van der Waals surface area contributed by atoms with Crippen molar-refractivity contribution in [2.24, 2.45) is 0 Å². The van der Waals surface area contributed by atoms with Crippen LogP contribution in [-0.4, -0.2) is 53.0 Å². The van der Waals surface area contributed by atoms with Crippen LogP contribution in [0, 0.1) is 0 Å². The average molecular weight is 402 g/mol. The third-order valence-electron chi connectivity index (χ3n) is 3.97. The second-order valence-corrected chi connectivity index (χ2v) is 7.47. The molecule has 0 radical (unpaired) electrons. The summed E-state index contributed by atoms with van der Waals surface area (Å²) in [5.41, 5.74) is 0.950. The summed E-state index contributed by atoms with van der Waals surface area (Å²) in [5, 5.41) is 0. The van der Waals surface area contributed by atoms with Gasteiger partial charge in [-0.2, -0.15) is 0 Å². The van der Waals surface area contributed by atoms with Gasteiger partial charge >= 0.3 is 5.97 Å². The molecule has 5 nitrogen and oxygen atoms in total. The van der Waals surface area contributed by atoms with E-state index in [1.54, 1.807) is 48.5 Å². The van der Waals surface area contributed by atoms with Gasteiger partial charge in [-0.25, -0.2) is 4.79 Å². The number of thioether (sulfide) groups is 1. The molecule has 0 saturated carbocycles. The van der Waals surface area contributed by atoms with Crippen LogP contribution in [0.2, 0.25) is 0 Å². The van der Waals surface area contributed by atoms with Gasteiger partial charge in [0.2, 0.25) is 0 Å². The second kappa shape index (κ2) is 9.64. The van der Waals surface area contributed by atoms with Crippen molar-refractivity contribution < 1.29 is 19.1 Å². The standard InChI is InChI=1S/C20H19NO4S2/c22-18(14-27-20(26)21-9-11-24-12-10-21)16-7-4-8-17(13-16)25-19(23)15-5-2-1-3-6-15/h1-8,13H,9-12,14H2. The fraction of sp³-hybridized carbons (Fsp3) is 0.250. The Balaban J connectivity index is 1.57. The van der Waals surface area contributed by atoms with Crippen molar-refractivity contribution in [1.82, 2.24) is 4.90 Å². The van der Waals surface area contributed by atoms with E-state index in [1.807, 2.05) is 6.07 Å². The minimum atomic E-state index is -0.455. The number of ether oxygens (including phenoxy) is 2. The summed E-state index contributed by atoms with van der Waals surface area (Å²) in [5.74, 6) is 0.0680. The first kappa shape index (κ1) is 19.5. The summed E-state index contributed by atoms with van der Waals surface area (Å²) in [6.45, 7) is 2.82. The van der Waals surface area contributed by atoms with Gasteiger partial charge in [-0.05, 0) is 24.3 Å². The predicted octanol–water partition coefficient (Wildman–Crippen LogP) is 3.44. The second-order valence-electron chi connectivity index (χ2n) is 5.86. The van der Waals surface area contributed by atoms with E-state index >= 15 is 0 Å². The Morgan fingerprint density at radius 2 is 1.74 bits per heavy atom. The number of nitrogens with zero attached hydrogens (tertiary/aromatic N) is 1. The number of hydrogen-bond donors (Lipinski definition) is 0. The van der Waals surface area contributed by atoms with E-state index in [4.69, 9.17) is 21.7 Å². The Bertz CT molecular complexity index is 820. The fourth-order valence-corrected chi connectivity index (χ4v) is 3.67. The molecule has 3 rings (SSSR count). The van der Waals surface area contributed by atoms with Gasteiger partial charge in [0.15, 0.2) is 5.78 Å². The van der Waals surface area contributed by atoms with E-state index in [-0.39, 0.29) is 11.5 Å². The molecule has 0 N–H and O–H groups in total. The predicted molar refractivity (Wildman–Crippen MR) is 110 cm³/mol. The van der Waals surface area contributed by atoms with Crippen LogP contribution in [0.5, 0.6) is 5.75 Å². The Kier molecular flexibility index (Phi) is 6.98. The number of benzene rings is 2. The lowest BCUT2D eigenvalue weighted by molar-refractivity contribution is 0.0702. The summed E-state index contributed by atoms with van der Waals surface area (Å²) in [4.78, 5) is 26.7. The first-order chi connectivity index (χ1) is 13.1. The van der Waals surface area contributed by atoms with Crippen LogP contribution in [0.25, 0.3) is 0 Å². The Morgan fingerprint density at radius 3 is 2.48 bits per heavy atom. The van der Waals surface area contributed by atoms with Gasteiger partial charge in [0.1, 0.15) is 10.1 Å². The molecule has 140 valence electrons. The van der Waals surface area contributed by atoms with Crippen molar-refractivity contribution in [3.63, 3.8) is 0 Å². The normalized spacial score (nSPS) is 13.9. The van der Waals surface area contributed by atoms with Gasteiger partial charge in [-0.15, -0.1) is 0 Å². The molecule has 2 aromatic carbocycles. The lowest BCUT2D eigenvalue weighted by Gasteiger charge is -2.28. The SMILES string of the molecule is O=C(CSC(=S)N1CCOCC1)c1cccc(OC(=O)c2ccccc2)c1. The van der Waals surface area contributed by atoms with Crippen molar-refractivity contribution in [3.8, 4) is 5.75 Å². The zero-order valence-electron chi connectivity index (χ0n) is 14.6. The third kappa shape index (κ3) is 5.63. The molecule has 0 unspecified atom stereocenters. The number of morpholine rings is 1. The van der Waals surface area contributed by atoms with Crippen LogP contribution in [0.15, 0.2) is 54.6 Å². The summed E-state index contributed by atoms with van der Waals surface area (Å²) in [6, 6.07) is 15.4. The van der Waals surface area contributed by atoms with Crippen LogP contribution < -0.4 is 4.74 Å². The van der Waals surface area contributed by atoms with E-state index in [0.29, 0.717) is 34.4 Å². The lowest BCUT2D eigenvalue weighted by atomic mass is 10.1. The number of rotatable bonds is 5. The molecule has 2 aromatic rings. The number of carbonyl (C=O) groups is 2. The molecule has 1 aliphatic rings. The minimum Gasteiger partial charge on any atom is -0.423 e. The van der Waals surface area contributed by atoms with Crippen LogP contribution in [-0.2, 0) is 4.74 Å². The van der Waals surface area contributed by atoms with E-state index in [0.717, 1.165) is 13.1 Å². The lowest BCUT2D eigenvalue weighted by Crippen LogP contribution is -2.38. The van der Waals surface area contributed by atoms with Crippen molar-refractivity contribution >= 4 is 40.1 Å². The molecular weight excluding hydrogens is 382 g/mol. The molecule has 27 heavy (non-hydrogen) atoms. The molecular formula is C20H19NO4S2. The van der Waals surface area contributed by atoms with Gasteiger partial charge in [0, 0.05) is 18.7 Å². The van der Waals surface area contributed by atoms with Crippen molar-refractivity contribution in [3.05, 3.63) is 65.7 Å². The first-order valence-electron chi connectivity index (χ1n) is 8.53. The highest BCUT2D eigenvalue weighted by atomic mass is 32.2. The maximum atomic E-state index is 12.5. The molecule has 0 amide bonds. The Morgan fingerprint density at radius 1 is 1.04 bits per heavy atom. The van der Waals surface area contributed by atoms with E-state index in [1.165, 1.54) is 11.8 Å². The zero-order valence-corrected chi connectivity index (χ0v) is 16.3. The number of esters is 1. The smallest absolute Gasteiger partial charge is 0.343 e. The highest BCUT2D eigenvalue weighted by Crippen LogP contribution is 2.18. The third-order valence-corrected chi connectivity index (χ3v) is 5.50. The quantitative estimate of drug-likeness (QED) is 0.329. The van der Waals surface area contributed by atoms with Crippen LogP contribution in [0.1, 0.15) is 20.7 Å². The fourth-order valence-electron chi connectivity index (χ4n) is 2.52.